The zero-order valence-electron chi connectivity index (χ0n) is 14.3. The van der Waals surface area contributed by atoms with Gasteiger partial charge in [-0.25, -0.2) is 8.78 Å². The van der Waals surface area contributed by atoms with Crippen LogP contribution >= 0.6 is 0 Å². The Kier molecular flexibility index (Phi) is 6.29. The van der Waals surface area contributed by atoms with Crippen molar-refractivity contribution in [1.82, 2.24) is 4.98 Å². The first kappa shape index (κ1) is 18.8. The summed E-state index contributed by atoms with van der Waals surface area (Å²) < 4.78 is 37.6. The van der Waals surface area contributed by atoms with E-state index in [-0.39, 0.29) is 0 Å². The van der Waals surface area contributed by atoms with Gasteiger partial charge < -0.3 is 9.47 Å². The smallest absolute Gasteiger partial charge is 0.304 e. The summed E-state index contributed by atoms with van der Waals surface area (Å²) in [6, 6.07) is 3.51. The number of ether oxygens (including phenoxy) is 2. The van der Waals surface area contributed by atoms with E-state index in [4.69, 9.17) is 9.47 Å². The second kappa shape index (κ2) is 7.36. The van der Waals surface area contributed by atoms with E-state index in [0.717, 1.165) is 5.69 Å². The van der Waals surface area contributed by atoms with Crippen LogP contribution in [0.15, 0.2) is 18.3 Å². The molecule has 0 fully saturated rings. The fourth-order valence-electron chi connectivity index (χ4n) is 1.64. The predicted molar refractivity (Wildman–Crippen MR) is 83.6 cm³/mol. The number of alkyl halides is 2. The highest BCUT2D eigenvalue weighted by Crippen LogP contribution is 2.24. The van der Waals surface area contributed by atoms with Crippen molar-refractivity contribution < 1.29 is 18.3 Å². The van der Waals surface area contributed by atoms with Gasteiger partial charge in [-0.15, -0.1) is 0 Å². The minimum absolute atomic E-state index is 0.315. The number of nitrogens with zero attached hydrogens (tertiary/aromatic N) is 1. The Bertz CT molecular complexity index is 453. The summed E-state index contributed by atoms with van der Waals surface area (Å²) in [6.07, 6.45) is 1.49. The van der Waals surface area contributed by atoms with Crippen LogP contribution in [-0.2, 0) is 4.74 Å². The molecule has 0 spiro atoms. The van der Waals surface area contributed by atoms with E-state index in [1.165, 1.54) is 6.20 Å². The Morgan fingerprint density at radius 2 is 1.73 bits per heavy atom. The molecule has 0 radical (unpaired) electrons. The largest absolute Gasteiger partial charge is 0.486 e. The average Bonchev–Trinajstić information content (AvgIpc) is 2.42. The molecule has 0 aromatic carbocycles. The lowest BCUT2D eigenvalue weighted by Gasteiger charge is -2.24. The van der Waals surface area contributed by atoms with Crippen LogP contribution in [0.1, 0.15) is 53.2 Å². The van der Waals surface area contributed by atoms with Crippen molar-refractivity contribution in [2.24, 2.45) is 5.92 Å². The predicted octanol–water partition coefficient (Wildman–Crippen LogP) is 4.67. The second-order valence-corrected chi connectivity index (χ2v) is 7.00. The number of hydrogen-bond donors (Lipinski definition) is 0. The summed E-state index contributed by atoms with van der Waals surface area (Å²) in [6.45, 7) is 10.2. The molecule has 22 heavy (non-hydrogen) atoms. The molecule has 0 saturated heterocycles. The molecule has 0 aliphatic carbocycles. The molecule has 0 aliphatic heterocycles. The highest BCUT2D eigenvalue weighted by Gasteiger charge is 2.32. The summed E-state index contributed by atoms with van der Waals surface area (Å²) in [5.74, 6) is -1.90. The first-order valence-electron chi connectivity index (χ1n) is 7.61. The maximum absolute atomic E-state index is 13.7. The Morgan fingerprint density at radius 1 is 1.09 bits per heavy atom. The fourth-order valence-corrected chi connectivity index (χ4v) is 1.64. The summed E-state index contributed by atoms with van der Waals surface area (Å²) in [7, 11) is 0. The third-order valence-corrected chi connectivity index (χ3v) is 3.39. The molecule has 1 aromatic rings. The monoisotopic (exact) mass is 315 g/mol. The maximum Gasteiger partial charge on any atom is 0.304 e. The molecule has 0 aliphatic rings. The van der Waals surface area contributed by atoms with Gasteiger partial charge in [0, 0.05) is 11.6 Å². The van der Waals surface area contributed by atoms with E-state index < -0.39 is 24.7 Å². The molecule has 0 bridgehead atoms. The quantitative estimate of drug-likeness (QED) is 0.732. The van der Waals surface area contributed by atoms with Gasteiger partial charge in [-0.2, -0.15) is 0 Å². The van der Waals surface area contributed by atoms with Crippen molar-refractivity contribution in [1.29, 1.82) is 0 Å². The van der Waals surface area contributed by atoms with E-state index >= 15 is 0 Å². The molecule has 0 amide bonds. The first-order valence-corrected chi connectivity index (χ1v) is 7.61. The van der Waals surface area contributed by atoms with Crippen molar-refractivity contribution in [3.8, 4) is 5.75 Å². The SMILES string of the molecule is CC(C)[C@@H](C)c1ccc(OCC(F)(F)COC(C)(C)C)cn1. The van der Waals surface area contributed by atoms with Crippen LogP contribution in [0.2, 0.25) is 0 Å². The molecule has 1 rings (SSSR count). The lowest BCUT2D eigenvalue weighted by Crippen LogP contribution is -2.35. The number of rotatable bonds is 7. The summed E-state index contributed by atoms with van der Waals surface area (Å²) in [5.41, 5.74) is 0.338. The van der Waals surface area contributed by atoms with E-state index in [1.807, 2.05) is 6.07 Å². The van der Waals surface area contributed by atoms with Crippen molar-refractivity contribution in [2.75, 3.05) is 13.2 Å². The van der Waals surface area contributed by atoms with Crippen molar-refractivity contribution >= 4 is 0 Å². The van der Waals surface area contributed by atoms with Gasteiger partial charge in [-0.05, 0) is 38.8 Å². The summed E-state index contributed by atoms with van der Waals surface area (Å²) in [5, 5.41) is 0. The van der Waals surface area contributed by atoms with Gasteiger partial charge in [-0.3, -0.25) is 4.98 Å². The highest BCUT2D eigenvalue weighted by molar-refractivity contribution is 5.21. The van der Waals surface area contributed by atoms with Crippen molar-refractivity contribution in [2.45, 2.75) is 59.0 Å². The number of aromatic nitrogens is 1. The molecule has 1 aromatic heterocycles. The first-order chi connectivity index (χ1) is 10.0. The fraction of sp³-hybridized carbons (Fsp3) is 0.706. The van der Waals surface area contributed by atoms with Gasteiger partial charge in [0.2, 0.25) is 0 Å². The van der Waals surface area contributed by atoms with E-state index in [9.17, 15) is 8.78 Å². The molecule has 1 heterocycles. The Hall–Kier alpha value is -1.23. The van der Waals surface area contributed by atoms with Gasteiger partial charge in [0.05, 0.1) is 11.8 Å². The molecule has 0 unspecified atom stereocenters. The maximum atomic E-state index is 13.7. The molecule has 1 atom stereocenters. The van der Waals surface area contributed by atoms with Crippen LogP contribution in [0, 0.1) is 5.92 Å². The topological polar surface area (TPSA) is 31.4 Å². The normalized spacial score (nSPS) is 14.2. The van der Waals surface area contributed by atoms with E-state index in [0.29, 0.717) is 17.6 Å². The van der Waals surface area contributed by atoms with Crippen LogP contribution in [0.25, 0.3) is 0 Å². The van der Waals surface area contributed by atoms with Crippen LogP contribution < -0.4 is 4.74 Å². The van der Waals surface area contributed by atoms with Gasteiger partial charge in [0.1, 0.15) is 12.4 Å². The Labute approximate surface area is 132 Å². The minimum atomic E-state index is -3.03. The van der Waals surface area contributed by atoms with Gasteiger partial charge in [0.25, 0.3) is 0 Å². The molecule has 3 nitrogen and oxygen atoms in total. The van der Waals surface area contributed by atoms with E-state index in [1.54, 1.807) is 26.8 Å². The van der Waals surface area contributed by atoms with Crippen LogP contribution in [0.4, 0.5) is 8.78 Å². The second-order valence-electron chi connectivity index (χ2n) is 7.00. The van der Waals surface area contributed by atoms with Gasteiger partial charge in [-0.1, -0.05) is 20.8 Å². The lowest BCUT2D eigenvalue weighted by atomic mass is 9.94. The van der Waals surface area contributed by atoms with Crippen LogP contribution in [-0.4, -0.2) is 29.7 Å². The number of pyridine rings is 1. The molecule has 0 saturated carbocycles. The summed E-state index contributed by atoms with van der Waals surface area (Å²) in [4.78, 5) is 4.28. The molecule has 126 valence electrons. The van der Waals surface area contributed by atoms with E-state index in [2.05, 4.69) is 25.8 Å². The van der Waals surface area contributed by atoms with Crippen molar-refractivity contribution in [3.05, 3.63) is 24.0 Å². The van der Waals surface area contributed by atoms with Gasteiger partial charge in [0.15, 0.2) is 6.61 Å². The average molecular weight is 315 g/mol. The molecule has 5 heteroatoms. The molecule has 0 N–H and O–H groups in total. The molecular formula is C17H27F2NO2. The zero-order valence-corrected chi connectivity index (χ0v) is 14.3. The van der Waals surface area contributed by atoms with Gasteiger partial charge >= 0.3 is 5.92 Å². The third kappa shape index (κ3) is 6.69. The third-order valence-electron chi connectivity index (χ3n) is 3.39. The Balaban J connectivity index is 2.54. The molecular weight excluding hydrogens is 288 g/mol. The zero-order chi connectivity index (χ0) is 17.0. The van der Waals surface area contributed by atoms with Crippen molar-refractivity contribution in [3.63, 3.8) is 0 Å². The highest BCUT2D eigenvalue weighted by atomic mass is 19.3. The Morgan fingerprint density at radius 3 is 2.18 bits per heavy atom. The standard InChI is InChI=1S/C17H27F2NO2/c1-12(2)13(3)15-8-7-14(9-20-15)21-10-17(18,19)11-22-16(4,5)6/h7-9,12-13H,10-11H2,1-6H3/t13-/m1/s1. The number of halogens is 2. The van der Waals surface area contributed by atoms with Crippen LogP contribution in [0.3, 0.4) is 0 Å². The lowest BCUT2D eigenvalue weighted by molar-refractivity contribution is -0.137. The summed E-state index contributed by atoms with van der Waals surface area (Å²) >= 11 is 0. The minimum Gasteiger partial charge on any atom is -0.486 e. The number of hydrogen-bond acceptors (Lipinski definition) is 3. The van der Waals surface area contributed by atoms with Crippen LogP contribution in [0.5, 0.6) is 5.75 Å².